The van der Waals surface area contributed by atoms with Gasteiger partial charge in [0.05, 0.1) is 22.3 Å². The lowest BCUT2D eigenvalue weighted by Gasteiger charge is -2.37. The van der Waals surface area contributed by atoms with Crippen LogP contribution in [0, 0.1) is 11.3 Å². The van der Waals surface area contributed by atoms with E-state index in [1.807, 2.05) is 6.07 Å². The van der Waals surface area contributed by atoms with Gasteiger partial charge in [-0.05, 0) is 17.9 Å². The molecule has 5 nitrogen and oxygen atoms in total. The maximum absolute atomic E-state index is 9.15. The van der Waals surface area contributed by atoms with Gasteiger partial charge < -0.3 is 4.90 Å². The minimum absolute atomic E-state index is 0.0457. The topological polar surface area (TPSA) is 56.1 Å². The molecule has 20 heavy (non-hydrogen) atoms. The van der Waals surface area contributed by atoms with E-state index in [9.17, 15) is 0 Å². The Labute approximate surface area is 122 Å². The molecule has 1 fully saturated rings. The van der Waals surface area contributed by atoms with Gasteiger partial charge in [0.15, 0.2) is 0 Å². The van der Waals surface area contributed by atoms with Gasteiger partial charge in [-0.25, -0.2) is 9.97 Å². The molecule has 3 heterocycles. The molecule has 104 valence electrons. The first kappa shape index (κ1) is 13.3. The van der Waals surface area contributed by atoms with Crippen LogP contribution < -0.4 is 4.90 Å². The molecule has 2 aromatic rings. The fourth-order valence-electron chi connectivity index (χ4n) is 2.68. The number of piperazine rings is 1. The molecule has 0 radical (unpaired) electrons. The number of thiophene rings is 1. The minimum Gasteiger partial charge on any atom is -0.353 e. The first-order valence-corrected chi connectivity index (χ1v) is 7.78. The molecule has 3 rings (SSSR count). The summed E-state index contributed by atoms with van der Waals surface area (Å²) in [6.07, 6.45) is 2.53. The van der Waals surface area contributed by atoms with Gasteiger partial charge in [0.2, 0.25) is 0 Å². The van der Waals surface area contributed by atoms with E-state index in [0.29, 0.717) is 0 Å². The summed E-state index contributed by atoms with van der Waals surface area (Å²) in [6.45, 7) is 5.75. The fraction of sp³-hybridized carbons (Fsp3) is 0.500. The Hall–Kier alpha value is -1.71. The van der Waals surface area contributed by atoms with Crippen LogP contribution in [0.1, 0.15) is 13.3 Å². The smallest absolute Gasteiger partial charge is 0.150 e. The first-order chi connectivity index (χ1) is 9.83. The molecule has 0 bridgehead atoms. The Morgan fingerprint density at radius 3 is 2.85 bits per heavy atom. The van der Waals surface area contributed by atoms with E-state index in [-0.39, 0.29) is 6.04 Å². The van der Waals surface area contributed by atoms with Crippen molar-refractivity contribution in [3.63, 3.8) is 0 Å². The molecule has 0 spiro atoms. The van der Waals surface area contributed by atoms with Gasteiger partial charge >= 0.3 is 0 Å². The molecular formula is C14H17N5S. The van der Waals surface area contributed by atoms with Crippen LogP contribution in [0.3, 0.4) is 0 Å². The van der Waals surface area contributed by atoms with E-state index < -0.39 is 0 Å². The zero-order chi connectivity index (χ0) is 13.9. The van der Waals surface area contributed by atoms with E-state index in [1.54, 1.807) is 17.7 Å². The van der Waals surface area contributed by atoms with E-state index in [0.717, 1.165) is 48.6 Å². The summed E-state index contributed by atoms with van der Waals surface area (Å²) in [5.41, 5.74) is 1.02. The molecular weight excluding hydrogens is 270 g/mol. The summed E-state index contributed by atoms with van der Waals surface area (Å²) in [5, 5.41) is 11.2. The largest absolute Gasteiger partial charge is 0.353 e. The predicted octanol–water partition coefficient (Wildman–Crippen LogP) is 2.12. The monoisotopic (exact) mass is 287 g/mol. The number of fused-ring (bicyclic) bond motifs is 1. The summed E-state index contributed by atoms with van der Waals surface area (Å²) >= 11 is 1.69. The Balaban J connectivity index is 1.75. The highest BCUT2D eigenvalue weighted by atomic mass is 32.1. The average molecular weight is 287 g/mol. The third kappa shape index (κ3) is 2.35. The number of hydrogen-bond donors (Lipinski definition) is 0. The second kappa shape index (κ2) is 5.73. The SMILES string of the molecule is CCC(C#N)N1CCN(c2ncnc3ccsc23)CC1. The lowest BCUT2D eigenvalue weighted by molar-refractivity contribution is 0.216. The molecule has 6 heteroatoms. The van der Waals surface area contributed by atoms with Crippen molar-refractivity contribution in [3.8, 4) is 6.07 Å². The minimum atomic E-state index is 0.0457. The first-order valence-electron chi connectivity index (χ1n) is 6.90. The van der Waals surface area contributed by atoms with Gasteiger partial charge in [0, 0.05) is 26.2 Å². The Morgan fingerprint density at radius 1 is 1.35 bits per heavy atom. The van der Waals surface area contributed by atoms with Crippen molar-refractivity contribution in [1.29, 1.82) is 5.26 Å². The van der Waals surface area contributed by atoms with Crippen LogP contribution in [0.25, 0.3) is 10.2 Å². The predicted molar refractivity (Wildman–Crippen MR) is 80.9 cm³/mol. The van der Waals surface area contributed by atoms with E-state index in [4.69, 9.17) is 5.26 Å². The summed E-state index contributed by atoms with van der Waals surface area (Å²) in [6, 6.07) is 4.46. The van der Waals surface area contributed by atoms with Gasteiger partial charge in [0.25, 0.3) is 0 Å². The fourth-order valence-corrected chi connectivity index (χ4v) is 3.54. The van der Waals surface area contributed by atoms with Crippen molar-refractivity contribution in [3.05, 3.63) is 17.8 Å². The lowest BCUT2D eigenvalue weighted by atomic mass is 10.2. The van der Waals surface area contributed by atoms with Crippen molar-refractivity contribution in [2.45, 2.75) is 19.4 Å². The quantitative estimate of drug-likeness (QED) is 0.865. The van der Waals surface area contributed by atoms with E-state index in [2.05, 4.69) is 38.1 Å². The standard InChI is InChI=1S/C14H17N5S/c1-2-11(9-15)18-4-6-19(7-5-18)14-13-12(3-8-20-13)16-10-17-14/h3,8,10-11H,2,4-7H2,1H3. The molecule has 0 saturated carbocycles. The second-order valence-electron chi connectivity index (χ2n) is 4.91. The second-order valence-corrected chi connectivity index (χ2v) is 5.82. The van der Waals surface area contributed by atoms with E-state index >= 15 is 0 Å². The Bertz CT molecular complexity index is 624. The Kier molecular flexibility index (Phi) is 3.81. The number of nitriles is 1. The summed E-state index contributed by atoms with van der Waals surface area (Å²) < 4.78 is 1.16. The molecule has 0 N–H and O–H groups in total. The van der Waals surface area contributed by atoms with Crippen molar-refractivity contribution >= 4 is 27.4 Å². The normalized spacial score (nSPS) is 18.1. The van der Waals surface area contributed by atoms with Crippen molar-refractivity contribution < 1.29 is 0 Å². The average Bonchev–Trinajstić information content (AvgIpc) is 2.98. The van der Waals surface area contributed by atoms with Gasteiger partial charge in [-0.15, -0.1) is 11.3 Å². The summed E-state index contributed by atoms with van der Waals surface area (Å²) in [5.74, 6) is 1.04. The van der Waals surface area contributed by atoms with Crippen molar-refractivity contribution in [1.82, 2.24) is 14.9 Å². The molecule has 0 aliphatic carbocycles. The highest BCUT2D eigenvalue weighted by Gasteiger charge is 2.24. The Morgan fingerprint density at radius 2 is 2.15 bits per heavy atom. The van der Waals surface area contributed by atoms with Crippen molar-refractivity contribution in [2.75, 3.05) is 31.1 Å². The molecule has 0 amide bonds. The van der Waals surface area contributed by atoms with Crippen molar-refractivity contribution in [2.24, 2.45) is 0 Å². The van der Waals surface area contributed by atoms with Crippen LogP contribution >= 0.6 is 11.3 Å². The molecule has 1 atom stereocenters. The maximum atomic E-state index is 9.15. The number of rotatable bonds is 3. The molecule has 1 saturated heterocycles. The highest BCUT2D eigenvalue weighted by molar-refractivity contribution is 7.17. The van der Waals surface area contributed by atoms with Gasteiger partial charge in [-0.1, -0.05) is 6.92 Å². The van der Waals surface area contributed by atoms with Crippen LogP contribution in [0.2, 0.25) is 0 Å². The van der Waals surface area contributed by atoms with E-state index in [1.165, 1.54) is 0 Å². The molecule has 1 aliphatic rings. The molecule has 1 aliphatic heterocycles. The van der Waals surface area contributed by atoms with Gasteiger partial charge in [0.1, 0.15) is 12.1 Å². The van der Waals surface area contributed by atoms with Gasteiger partial charge in [-0.2, -0.15) is 5.26 Å². The zero-order valence-corrected chi connectivity index (χ0v) is 12.3. The number of hydrogen-bond acceptors (Lipinski definition) is 6. The van der Waals surface area contributed by atoms with Crippen LogP contribution in [-0.4, -0.2) is 47.1 Å². The summed E-state index contributed by atoms with van der Waals surface area (Å²) in [7, 11) is 0. The number of anilines is 1. The van der Waals surface area contributed by atoms with Crippen LogP contribution in [0.4, 0.5) is 5.82 Å². The van der Waals surface area contributed by atoms with Gasteiger partial charge in [-0.3, -0.25) is 4.90 Å². The maximum Gasteiger partial charge on any atom is 0.150 e. The third-order valence-corrected chi connectivity index (χ3v) is 4.71. The lowest BCUT2D eigenvalue weighted by Crippen LogP contribution is -2.50. The molecule has 2 aromatic heterocycles. The number of aromatic nitrogens is 2. The molecule has 0 aromatic carbocycles. The number of nitrogens with zero attached hydrogens (tertiary/aromatic N) is 5. The van der Waals surface area contributed by atoms with Crippen LogP contribution in [-0.2, 0) is 0 Å². The van der Waals surface area contributed by atoms with Crippen LogP contribution in [0.5, 0.6) is 0 Å². The summed E-state index contributed by atoms with van der Waals surface area (Å²) in [4.78, 5) is 13.3. The molecule has 1 unspecified atom stereocenters. The highest BCUT2D eigenvalue weighted by Crippen LogP contribution is 2.28. The van der Waals surface area contributed by atoms with Crippen LogP contribution in [0.15, 0.2) is 17.8 Å². The third-order valence-electron chi connectivity index (χ3n) is 3.81. The zero-order valence-electron chi connectivity index (χ0n) is 11.5.